The van der Waals surface area contributed by atoms with Crippen LogP contribution in [0.25, 0.3) is 0 Å². The second kappa shape index (κ2) is 4.92. The minimum atomic E-state index is -1.00. The summed E-state index contributed by atoms with van der Waals surface area (Å²) in [5.41, 5.74) is 6.00. The third kappa shape index (κ3) is 3.04. The first-order chi connectivity index (χ1) is 5.20. The molecule has 0 spiro atoms. The zero-order valence-corrected chi connectivity index (χ0v) is 7.06. The predicted molar refractivity (Wildman–Crippen MR) is 37.9 cm³/mol. The first kappa shape index (κ1) is 11.2. The summed E-state index contributed by atoms with van der Waals surface area (Å²) in [7, 11) is 0. The Labute approximate surface area is 79.8 Å². The smallest absolute Gasteiger partial charge is 0.480 e. The van der Waals surface area contributed by atoms with E-state index in [4.69, 9.17) is 10.8 Å². The Morgan fingerprint density at radius 2 is 2.50 bits per heavy atom. The largest absolute Gasteiger partial charge is 2.00 e. The quantitative estimate of drug-likeness (QED) is 0.589. The van der Waals surface area contributed by atoms with Gasteiger partial charge in [-0.1, -0.05) is 0 Å². The van der Waals surface area contributed by atoms with Crippen molar-refractivity contribution in [2.45, 2.75) is 12.5 Å². The van der Waals surface area contributed by atoms with Crippen molar-refractivity contribution in [2.24, 2.45) is 5.73 Å². The Morgan fingerprint density at radius 1 is 1.83 bits per heavy atom. The van der Waals surface area contributed by atoms with Crippen LogP contribution in [0.3, 0.4) is 0 Å². The summed E-state index contributed by atoms with van der Waals surface area (Å²) in [6.45, 7) is 0. The summed E-state index contributed by atoms with van der Waals surface area (Å²) >= 11 is 0. The number of hydrogen-bond donors (Lipinski definition) is 3. The molecular formula is C6H9CuN3O2+2. The number of H-pyrrole nitrogens is 1. The Bertz CT molecular complexity index is 237. The maximum Gasteiger partial charge on any atom is 2.00 e. The summed E-state index contributed by atoms with van der Waals surface area (Å²) in [5, 5.41) is 8.42. The van der Waals surface area contributed by atoms with Crippen LogP contribution in [0.4, 0.5) is 0 Å². The number of aromatic amines is 1. The van der Waals surface area contributed by atoms with Crippen LogP contribution in [0, 0.1) is 0 Å². The summed E-state index contributed by atoms with van der Waals surface area (Å²) in [6.07, 6.45) is 3.34. The van der Waals surface area contributed by atoms with E-state index in [0.29, 0.717) is 0 Å². The second-order valence-electron chi connectivity index (χ2n) is 2.23. The van der Waals surface area contributed by atoms with Gasteiger partial charge >= 0.3 is 23.0 Å². The van der Waals surface area contributed by atoms with Crippen molar-refractivity contribution >= 4 is 5.97 Å². The number of carboxylic acids is 1. The van der Waals surface area contributed by atoms with Crippen molar-refractivity contribution < 1.29 is 27.0 Å². The van der Waals surface area contributed by atoms with E-state index in [0.717, 1.165) is 5.69 Å². The zero-order chi connectivity index (χ0) is 8.27. The minimum absolute atomic E-state index is 0. The zero-order valence-electron chi connectivity index (χ0n) is 6.12. The number of aromatic nitrogens is 2. The number of nitrogens with two attached hydrogens (primary N) is 1. The molecule has 1 rings (SSSR count). The van der Waals surface area contributed by atoms with Gasteiger partial charge in [-0.25, -0.2) is 4.98 Å². The Kier molecular flexibility index (Phi) is 4.58. The molecule has 0 aliphatic heterocycles. The molecule has 5 nitrogen and oxygen atoms in total. The average molecular weight is 219 g/mol. The molecule has 69 valence electrons. The third-order valence-electron chi connectivity index (χ3n) is 1.31. The first-order valence-electron chi connectivity index (χ1n) is 3.16. The van der Waals surface area contributed by atoms with Gasteiger partial charge in [0.15, 0.2) is 0 Å². The molecule has 0 aliphatic carbocycles. The molecule has 0 aliphatic rings. The fraction of sp³-hybridized carbons (Fsp3) is 0.333. The summed E-state index contributed by atoms with van der Waals surface area (Å²) < 4.78 is 0. The molecular weight excluding hydrogens is 210 g/mol. The van der Waals surface area contributed by atoms with E-state index in [2.05, 4.69) is 9.97 Å². The van der Waals surface area contributed by atoms with Crippen LogP contribution in [0.1, 0.15) is 5.69 Å². The van der Waals surface area contributed by atoms with Gasteiger partial charge in [-0.15, -0.1) is 0 Å². The van der Waals surface area contributed by atoms with Crippen molar-refractivity contribution in [3.63, 3.8) is 0 Å². The van der Waals surface area contributed by atoms with Gasteiger partial charge in [-0.3, -0.25) is 4.79 Å². The van der Waals surface area contributed by atoms with Gasteiger partial charge in [-0.2, -0.15) is 0 Å². The van der Waals surface area contributed by atoms with Gasteiger partial charge in [0.1, 0.15) is 6.04 Å². The normalized spacial score (nSPS) is 11.8. The average Bonchev–Trinajstić information content (AvgIpc) is 2.39. The molecule has 1 radical (unpaired) electrons. The third-order valence-corrected chi connectivity index (χ3v) is 1.31. The van der Waals surface area contributed by atoms with Gasteiger partial charge in [0, 0.05) is 18.3 Å². The number of imidazole rings is 1. The van der Waals surface area contributed by atoms with Gasteiger partial charge in [-0.05, 0) is 0 Å². The van der Waals surface area contributed by atoms with Crippen LogP contribution in [0.2, 0.25) is 0 Å². The number of carboxylic acid groups (broad SMARTS) is 1. The number of hydrogen-bond acceptors (Lipinski definition) is 3. The molecule has 1 aromatic rings. The van der Waals surface area contributed by atoms with E-state index in [9.17, 15) is 4.79 Å². The van der Waals surface area contributed by atoms with Crippen molar-refractivity contribution in [2.75, 3.05) is 0 Å². The number of aliphatic carboxylic acids is 1. The van der Waals surface area contributed by atoms with E-state index < -0.39 is 12.0 Å². The number of rotatable bonds is 3. The van der Waals surface area contributed by atoms with Crippen molar-refractivity contribution in [1.29, 1.82) is 0 Å². The molecule has 12 heavy (non-hydrogen) atoms. The fourth-order valence-electron chi connectivity index (χ4n) is 0.721. The van der Waals surface area contributed by atoms with Gasteiger partial charge in [0.25, 0.3) is 0 Å². The van der Waals surface area contributed by atoms with Crippen LogP contribution < -0.4 is 5.73 Å². The van der Waals surface area contributed by atoms with E-state index >= 15 is 0 Å². The monoisotopic (exact) mass is 218 g/mol. The molecule has 0 saturated heterocycles. The summed E-state index contributed by atoms with van der Waals surface area (Å²) in [4.78, 5) is 16.8. The van der Waals surface area contributed by atoms with Crippen LogP contribution in [-0.2, 0) is 28.3 Å². The summed E-state index contributed by atoms with van der Waals surface area (Å²) in [5.74, 6) is -1.00. The number of carbonyl (C=O) groups is 1. The SMILES string of the molecule is NC(Cc1cnc[nH]1)C(=O)O.[Cu+2]. The van der Waals surface area contributed by atoms with Crippen LogP contribution >= 0.6 is 0 Å². The van der Waals surface area contributed by atoms with E-state index in [1.165, 1.54) is 6.33 Å². The Balaban J connectivity index is 0.00000121. The van der Waals surface area contributed by atoms with Gasteiger partial charge in [0.05, 0.1) is 6.33 Å². The van der Waals surface area contributed by atoms with Crippen molar-refractivity contribution in [3.05, 3.63) is 18.2 Å². The maximum atomic E-state index is 10.3. The molecule has 0 saturated carbocycles. The Hall–Kier alpha value is -0.841. The molecule has 4 N–H and O–H groups in total. The summed E-state index contributed by atoms with van der Waals surface area (Å²) in [6, 6.07) is -0.851. The van der Waals surface area contributed by atoms with Crippen LogP contribution in [0.15, 0.2) is 12.5 Å². The van der Waals surface area contributed by atoms with Crippen LogP contribution in [0.5, 0.6) is 0 Å². The molecule has 1 heterocycles. The van der Waals surface area contributed by atoms with E-state index in [1.807, 2.05) is 0 Å². The second-order valence-corrected chi connectivity index (χ2v) is 2.23. The van der Waals surface area contributed by atoms with Crippen LogP contribution in [-0.4, -0.2) is 27.1 Å². The molecule has 6 heteroatoms. The molecule has 1 atom stereocenters. The fourth-order valence-corrected chi connectivity index (χ4v) is 0.721. The van der Waals surface area contributed by atoms with Crippen molar-refractivity contribution in [1.82, 2.24) is 9.97 Å². The van der Waals surface area contributed by atoms with Gasteiger partial charge in [0.2, 0.25) is 0 Å². The molecule has 0 aromatic carbocycles. The van der Waals surface area contributed by atoms with Crippen molar-refractivity contribution in [3.8, 4) is 0 Å². The van der Waals surface area contributed by atoms with E-state index in [-0.39, 0.29) is 23.5 Å². The van der Waals surface area contributed by atoms with E-state index in [1.54, 1.807) is 6.20 Å². The molecule has 1 aromatic heterocycles. The first-order valence-corrected chi connectivity index (χ1v) is 3.16. The number of nitrogens with one attached hydrogen (secondary N) is 1. The molecule has 0 fully saturated rings. The topological polar surface area (TPSA) is 92.0 Å². The Morgan fingerprint density at radius 3 is 2.92 bits per heavy atom. The molecule has 0 amide bonds. The molecule has 0 bridgehead atoms. The standard InChI is InChI=1S/C6H9N3O2.Cu/c7-5(6(10)11)1-4-2-8-3-9-4;/h2-3,5H,1,7H2,(H,8,9)(H,10,11);/q;+2. The molecule has 1 unspecified atom stereocenters. The maximum absolute atomic E-state index is 10.3. The predicted octanol–water partition coefficient (Wildman–Crippen LogP) is -0.638. The number of nitrogens with zero attached hydrogens (tertiary/aromatic N) is 1. The van der Waals surface area contributed by atoms with Gasteiger partial charge < -0.3 is 15.8 Å². The minimum Gasteiger partial charge on any atom is -0.480 e.